The Bertz CT molecular complexity index is 423. The fourth-order valence-corrected chi connectivity index (χ4v) is 1.86. The van der Waals surface area contributed by atoms with Gasteiger partial charge >= 0.3 is 0 Å². The number of hydrogen-bond donors (Lipinski definition) is 3. The number of aliphatic hydroxyl groups is 1. The van der Waals surface area contributed by atoms with Crippen LogP contribution in [0.25, 0.3) is 0 Å². The Morgan fingerprint density at radius 1 is 1.33 bits per heavy atom. The van der Waals surface area contributed by atoms with E-state index in [1.807, 2.05) is 19.1 Å². The Balaban J connectivity index is 2.49. The Labute approximate surface area is 131 Å². The summed E-state index contributed by atoms with van der Waals surface area (Å²) in [6.07, 6.45) is 0.261. The van der Waals surface area contributed by atoms with Crippen molar-refractivity contribution < 1.29 is 9.84 Å². The van der Waals surface area contributed by atoms with E-state index in [0.717, 1.165) is 25.1 Å². The minimum atomic E-state index is -0.642. The Hall–Kier alpha value is -1.30. The zero-order chi connectivity index (χ0) is 15.5. The summed E-state index contributed by atoms with van der Waals surface area (Å²) < 4.78 is 5.00. The van der Waals surface area contributed by atoms with Gasteiger partial charge in [0.15, 0.2) is 5.96 Å². The van der Waals surface area contributed by atoms with Crippen molar-refractivity contribution in [2.24, 2.45) is 4.99 Å². The van der Waals surface area contributed by atoms with Gasteiger partial charge in [-0.1, -0.05) is 23.7 Å². The highest BCUT2D eigenvalue weighted by Gasteiger charge is 2.07. The van der Waals surface area contributed by atoms with Crippen LogP contribution in [0.2, 0.25) is 5.02 Å². The first-order valence-electron chi connectivity index (χ1n) is 7.12. The van der Waals surface area contributed by atoms with E-state index in [4.69, 9.17) is 16.3 Å². The first-order valence-corrected chi connectivity index (χ1v) is 7.49. The lowest BCUT2D eigenvalue weighted by Crippen LogP contribution is -2.38. The molecule has 1 unspecified atom stereocenters. The first kappa shape index (κ1) is 17.8. The predicted octanol–water partition coefficient (Wildman–Crippen LogP) is 1.97. The first-order chi connectivity index (χ1) is 10.2. The van der Waals surface area contributed by atoms with Crippen LogP contribution in [0.1, 0.15) is 25.0 Å². The third-order valence-corrected chi connectivity index (χ3v) is 3.09. The van der Waals surface area contributed by atoms with Crippen LogP contribution < -0.4 is 10.6 Å². The molecule has 1 aromatic carbocycles. The molecular weight excluding hydrogens is 290 g/mol. The Morgan fingerprint density at radius 2 is 2.05 bits per heavy atom. The smallest absolute Gasteiger partial charge is 0.191 e. The highest BCUT2D eigenvalue weighted by atomic mass is 35.5. The minimum absolute atomic E-state index is 0.293. The number of nitrogens with one attached hydrogen (secondary N) is 2. The van der Waals surface area contributed by atoms with E-state index in [2.05, 4.69) is 15.6 Å². The number of halogens is 1. The van der Waals surface area contributed by atoms with Crippen LogP contribution in [-0.2, 0) is 4.74 Å². The van der Waals surface area contributed by atoms with Gasteiger partial charge in [0.05, 0.1) is 12.6 Å². The van der Waals surface area contributed by atoms with Crippen LogP contribution in [0.15, 0.2) is 29.3 Å². The average molecular weight is 314 g/mol. The molecule has 0 amide bonds. The number of rotatable bonds is 8. The Morgan fingerprint density at radius 3 is 2.67 bits per heavy atom. The molecule has 118 valence electrons. The van der Waals surface area contributed by atoms with Gasteiger partial charge in [-0.05, 0) is 31.0 Å². The van der Waals surface area contributed by atoms with E-state index >= 15 is 0 Å². The van der Waals surface area contributed by atoms with Crippen LogP contribution in [0, 0.1) is 0 Å². The maximum Gasteiger partial charge on any atom is 0.191 e. The molecular formula is C15H24ClN3O2. The van der Waals surface area contributed by atoms with Crippen LogP contribution in [0.4, 0.5) is 0 Å². The third kappa shape index (κ3) is 7.32. The molecule has 1 aromatic rings. The number of aliphatic hydroxyl groups excluding tert-OH is 1. The van der Waals surface area contributed by atoms with E-state index < -0.39 is 6.10 Å². The maximum absolute atomic E-state index is 10.1. The fourth-order valence-electron chi connectivity index (χ4n) is 1.73. The summed E-state index contributed by atoms with van der Waals surface area (Å²) in [4.78, 5) is 4.38. The molecule has 5 nitrogen and oxygen atoms in total. The molecule has 0 aliphatic rings. The van der Waals surface area contributed by atoms with E-state index in [1.54, 1.807) is 19.2 Å². The monoisotopic (exact) mass is 313 g/mol. The highest BCUT2D eigenvalue weighted by Crippen LogP contribution is 2.16. The number of methoxy groups -OCH3 is 1. The molecule has 0 fully saturated rings. The summed E-state index contributed by atoms with van der Waals surface area (Å²) >= 11 is 5.83. The van der Waals surface area contributed by atoms with Crippen molar-refractivity contribution in [1.82, 2.24) is 10.6 Å². The summed E-state index contributed by atoms with van der Waals surface area (Å²) in [5.41, 5.74) is 0.804. The number of ether oxygens (including phenoxy) is 1. The molecule has 0 saturated carbocycles. The molecule has 0 aromatic heterocycles. The molecule has 0 heterocycles. The van der Waals surface area contributed by atoms with Crippen molar-refractivity contribution in [3.8, 4) is 0 Å². The average Bonchev–Trinajstić information content (AvgIpc) is 2.49. The second kappa shape index (κ2) is 10.4. The molecule has 0 aliphatic heterocycles. The SMILES string of the molecule is CCNC(=NCC(O)c1ccc(Cl)cc1)NCCCOC. The van der Waals surface area contributed by atoms with E-state index in [9.17, 15) is 5.11 Å². The van der Waals surface area contributed by atoms with Crippen LogP contribution in [0.3, 0.4) is 0 Å². The van der Waals surface area contributed by atoms with Gasteiger partial charge < -0.3 is 20.5 Å². The lowest BCUT2D eigenvalue weighted by Gasteiger charge is -2.13. The standard InChI is InChI=1S/C15H24ClN3O2/c1-3-17-15(18-9-4-10-21-2)19-11-14(20)12-5-7-13(16)8-6-12/h5-8,14,20H,3-4,9-11H2,1-2H3,(H2,17,18,19). The van der Waals surface area contributed by atoms with Gasteiger partial charge in [0.2, 0.25) is 0 Å². The summed E-state index contributed by atoms with van der Waals surface area (Å²) in [7, 11) is 1.68. The number of hydrogen-bond acceptors (Lipinski definition) is 3. The topological polar surface area (TPSA) is 65.9 Å². The van der Waals surface area contributed by atoms with Gasteiger partial charge in [0, 0.05) is 31.8 Å². The normalized spacial score (nSPS) is 13.0. The maximum atomic E-state index is 10.1. The lowest BCUT2D eigenvalue weighted by molar-refractivity contribution is 0.187. The molecule has 21 heavy (non-hydrogen) atoms. The molecule has 6 heteroatoms. The minimum Gasteiger partial charge on any atom is -0.386 e. The van der Waals surface area contributed by atoms with Crippen LogP contribution >= 0.6 is 11.6 Å². The van der Waals surface area contributed by atoms with Crippen molar-refractivity contribution in [3.05, 3.63) is 34.9 Å². The largest absolute Gasteiger partial charge is 0.386 e. The number of aliphatic imine (C=N–C) groups is 1. The molecule has 1 atom stereocenters. The number of benzene rings is 1. The quantitative estimate of drug-likeness (QED) is 0.390. The molecule has 0 saturated heterocycles. The molecule has 0 bridgehead atoms. The summed E-state index contributed by atoms with van der Waals surface area (Å²) in [5.74, 6) is 0.696. The van der Waals surface area contributed by atoms with E-state index in [1.165, 1.54) is 0 Å². The summed E-state index contributed by atoms with van der Waals surface area (Å²) in [5, 5.41) is 17.1. The van der Waals surface area contributed by atoms with Gasteiger partial charge in [-0.2, -0.15) is 0 Å². The van der Waals surface area contributed by atoms with Gasteiger partial charge in [0.25, 0.3) is 0 Å². The third-order valence-electron chi connectivity index (χ3n) is 2.84. The van der Waals surface area contributed by atoms with Crippen molar-refractivity contribution >= 4 is 17.6 Å². The molecule has 3 N–H and O–H groups in total. The highest BCUT2D eigenvalue weighted by molar-refractivity contribution is 6.30. The van der Waals surface area contributed by atoms with E-state index in [-0.39, 0.29) is 0 Å². The van der Waals surface area contributed by atoms with Crippen LogP contribution in [0.5, 0.6) is 0 Å². The van der Waals surface area contributed by atoms with Crippen molar-refractivity contribution in [2.45, 2.75) is 19.4 Å². The van der Waals surface area contributed by atoms with Gasteiger partial charge in [0.1, 0.15) is 0 Å². The number of nitrogens with zero attached hydrogens (tertiary/aromatic N) is 1. The zero-order valence-corrected chi connectivity index (χ0v) is 13.4. The van der Waals surface area contributed by atoms with Gasteiger partial charge in [-0.3, -0.25) is 4.99 Å². The van der Waals surface area contributed by atoms with Gasteiger partial charge in [-0.15, -0.1) is 0 Å². The number of guanidine groups is 1. The molecule has 0 radical (unpaired) electrons. The molecule has 0 aliphatic carbocycles. The lowest BCUT2D eigenvalue weighted by atomic mass is 10.1. The summed E-state index contributed by atoms with van der Waals surface area (Å²) in [6.45, 7) is 4.55. The van der Waals surface area contributed by atoms with Crippen molar-refractivity contribution in [2.75, 3.05) is 33.4 Å². The van der Waals surface area contributed by atoms with Crippen molar-refractivity contribution in [1.29, 1.82) is 0 Å². The fraction of sp³-hybridized carbons (Fsp3) is 0.533. The van der Waals surface area contributed by atoms with E-state index in [0.29, 0.717) is 24.1 Å². The van der Waals surface area contributed by atoms with Crippen molar-refractivity contribution in [3.63, 3.8) is 0 Å². The predicted molar refractivity (Wildman–Crippen MR) is 86.9 cm³/mol. The zero-order valence-electron chi connectivity index (χ0n) is 12.6. The van der Waals surface area contributed by atoms with Gasteiger partial charge in [-0.25, -0.2) is 0 Å². The Kier molecular flexibility index (Phi) is 8.82. The summed E-state index contributed by atoms with van der Waals surface area (Å²) in [6, 6.07) is 7.14. The van der Waals surface area contributed by atoms with Crippen LogP contribution in [-0.4, -0.2) is 44.4 Å². The molecule has 1 rings (SSSR count). The second-order valence-corrected chi connectivity index (χ2v) is 5.00. The second-order valence-electron chi connectivity index (χ2n) is 4.56. The molecule has 0 spiro atoms.